The lowest BCUT2D eigenvalue weighted by atomic mass is 10.2. The molecule has 1 aromatic heterocycles. The SMILES string of the molecule is CCOC(=O)C(N=O)=C(O)c1ccc2ccccc2n1. The Morgan fingerprint density at radius 2 is 2.05 bits per heavy atom. The molecule has 1 heterocycles. The van der Waals surface area contributed by atoms with Gasteiger partial charge in [0.05, 0.1) is 12.1 Å². The Morgan fingerprint density at radius 3 is 2.75 bits per heavy atom. The van der Waals surface area contributed by atoms with Crippen LogP contribution in [0.25, 0.3) is 16.7 Å². The van der Waals surface area contributed by atoms with Gasteiger partial charge in [0.25, 0.3) is 0 Å². The Bertz CT molecular complexity index is 694. The molecule has 0 atom stereocenters. The molecular weight excluding hydrogens is 260 g/mol. The van der Waals surface area contributed by atoms with Gasteiger partial charge in [0, 0.05) is 5.39 Å². The van der Waals surface area contributed by atoms with Crippen molar-refractivity contribution in [1.29, 1.82) is 0 Å². The minimum Gasteiger partial charge on any atom is -0.504 e. The molecule has 0 fully saturated rings. The highest BCUT2D eigenvalue weighted by Gasteiger charge is 2.20. The Morgan fingerprint density at radius 1 is 1.30 bits per heavy atom. The molecule has 0 aliphatic heterocycles. The van der Waals surface area contributed by atoms with Crippen molar-refractivity contribution in [2.75, 3.05) is 6.61 Å². The molecule has 0 aliphatic carbocycles. The molecule has 6 heteroatoms. The van der Waals surface area contributed by atoms with E-state index < -0.39 is 17.4 Å². The molecule has 20 heavy (non-hydrogen) atoms. The van der Waals surface area contributed by atoms with Crippen LogP contribution in [0.3, 0.4) is 0 Å². The van der Waals surface area contributed by atoms with Crippen molar-refractivity contribution in [1.82, 2.24) is 4.98 Å². The maximum atomic E-state index is 11.5. The summed E-state index contributed by atoms with van der Waals surface area (Å²) < 4.78 is 4.65. The van der Waals surface area contributed by atoms with Crippen LogP contribution in [0.1, 0.15) is 12.6 Å². The van der Waals surface area contributed by atoms with Crippen LogP contribution in [0.2, 0.25) is 0 Å². The summed E-state index contributed by atoms with van der Waals surface area (Å²) in [5.41, 5.74) is 0.0339. The molecule has 0 spiro atoms. The number of carbonyl (C=O) groups is 1. The molecule has 1 N–H and O–H groups in total. The van der Waals surface area contributed by atoms with Crippen molar-refractivity contribution in [3.8, 4) is 0 Å². The van der Waals surface area contributed by atoms with Crippen LogP contribution in [0, 0.1) is 4.91 Å². The Hall–Kier alpha value is -2.76. The second-order valence-electron chi connectivity index (χ2n) is 3.90. The van der Waals surface area contributed by atoms with E-state index in [1.54, 1.807) is 25.1 Å². The zero-order chi connectivity index (χ0) is 14.5. The second kappa shape index (κ2) is 5.92. The van der Waals surface area contributed by atoms with Crippen LogP contribution in [0.15, 0.2) is 47.3 Å². The first-order chi connectivity index (χ1) is 9.67. The minimum absolute atomic E-state index is 0.0796. The molecule has 2 rings (SSSR count). The number of esters is 1. The molecule has 6 nitrogen and oxygen atoms in total. The van der Waals surface area contributed by atoms with Crippen LogP contribution in [-0.4, -0.2) is 22.7 Å². The number of fused-ring (bicyclic) bond motifs is 1. The van der Waals surface area contributed by atoms with Crippen LogP contribution in [0.5, 0.6) is 0 Å². The first-order valence-corrected chi connectivity index (χ1v) is 5.97. The average molecular weight is 272 g/mol. The topological polar surface area (TPSA) is 88.8 Å². The lowest BCUT2D eigenvalue weighted by Crippen LogP contribution is -2.08. The Kier molecular flexibility index (Phi) is 4.05. The third-order valence-corrected chi connectivity index (χ3v) is 2.63. The molecule has 0 amide bonds. The number of para-hydroxylation sites is 1. The number of pyridine rings is 1. The number of rotatable bonds is 4. The number of nitrogens with zero attached hydrogens (tertiary/aromatic N) is 2. The first-order valence-electron chi connectivity index (χ1n) is 5.97. The molecule has 102 valence electrons. The largest absolute Gasteiger partial charge is 0.504 e. The lowest BCUT2D eigenvalue weighted by Gasteiger charge is -2.04. The normalized spacial score (nSPS) is 11.8. The predicted octanol–water partition coefficient (Wildman–Crippen LogP) is 2.79. The summed E-state index contributed by atoms with van der Waals surface area (Å²) in [6.07, 6.45) is 0. The number of aliphatic hydroxyl groups is 1. The fraction of sp³-hybridized carbons (Fsp3) is 0.143. The van der Waals surface area contributed by atoms with Gasteiger partial charge in [-0.15, -0.1) is 4.91 Å². The summed E-state index contributed by atoms with van der Waals surface area (Å²) >= 11 is 0. The lowest BCUT2D eigenvalue weighted by molar-refractivity contribution is -0.138. The van der Waals surface area contributed by atoms with Crippen LogP contribution >= 0.6 is 0 Å². The monoisotopic (exact) mass is 272 g/mol. The number of hydrogen-bond acceptors (Lipinski definition) is 6. The molecule has 0 saturated carbocycles. The number of hydrogen-bond donors (Lipinski definition) is 1. The second-order valence-corrected chi connectivity index (χ2v) is 3.90. The minimum atomic E-state index is -0.977. The van der Waals surface area contributed by atoms with Crippen molar-refractivity contribution < 1.29 is 14.6 Å². The smallest absolute Gasteiger partial charge is 0.364 e. The highest BCUT2D eigenvalue weighted by Crippen LogP contribution is 2.19. The molecule has 0 unspecified atom stereocenters. The van der Waals surface area contributed by atoms with E-state index in [1.165, 1.54) is 6.07 Å². The summed E-state index contributed by atoms with van der Waals surface area (Å²) in [5.74, 6) is -1.57. The van der Waals surface area contributed by atoms with Crippen LogP contribution in [0.4, 0.5) is 0 Å². The van der Waals surface area contributed by atoms with E-state index in [4.69, 9.17) is 0 Å². The van der Waals surface area contributed by atoms with Gasteiger partial charge < -0.3 is 9.84 Å². The van der Waals surface area contributed by atoms with Gasteiger partial charge in [0.1, 0.15) is 5.69 Å². The van der Waals surface area contributed by atoms with E-state index in [9.17, 15) is 14.8 Å². The standard InChI is InChI=1S/C14H12N2O4/c1-2-20-14(18)12(16-19)13(17)11-8-7-9-5-3-4-6-10(9)15-11/h3-8,17H,2H2,1H3. The van der Waals surface area contributed by atoms with E-state index in [0.29, 0.717) is 5.52 Å². The highest BCUT2D eigenvalue weighted by molar-refractivity contribution is 5.95. The predicted molar refractivity (Wildman–Crippen MR) is 73.7 cm³/mol. The highest BCUT2D eigenvalue weighted by atomic mass is 16.5. The maximum Gasteiger partial charge on any atom is 0.364 e. The van der Waals surface area contributed by atoms with E-state index in [-0.39, 0.29) is 12.3 Å². The molecule has 0 aliphatic rings. The number of ether oxygens (including phenoxy) is 1. The quantitative estimate of drug-likeness (QED) is 0.400. The van der Waals surface area contributed by atoms with E-state index >= 15 is 0 Å². The molecule has 2 aromatic rings. The van der Waals surface area contributed by atoms with Gasteiger partial charge in [0.2, 0.25) is 5.70 Å². The Balaban J connectivity index is 2.50. The van der Waals surface area contributed by atoms with Crippen molar-refractivity contribution in [2.24, 2.45) is 5.18 Å². The fourth-order valence-electron chi connectivity index (χ4n) is 1.70. The van der Waals surface area contributed by atoms with Crippen LogP contribution < -0.4 is 0 Å². The third kappa shape index (κ3) is 2.64. The zero-order valence-corrected chi connectivity index (χ0v) is 10.7. The van der Waals surface area contributed by atoms with Crippen molar-refractivity contribution >= 4 is 22.6 Å². The van der Waals surface area contributed by atoms with E-state index in [1.807, 2.05) is 12.1 Å². The zero-order valence-electron chi connectivity index (χ0n) is 10.7. The van der Waals surface area contributed by atoms with Crippen molar-refractivity contribution in [3.05, 3.63) is 52.7 Å². The van der Waals surface area contributed by atoms with Gasteiger partial charge in [-0.3, -0.25) is 0 Å². The fourth-order valence-corrected chi connectivity index (χ4v) is 1.70. The van der Waals surface area contributed by atoms with Gasteiger partial charge in [-0.25, -0.2) is 9.78 Å². The molecule has 1 aromatic carbocycles. The molecule has 0 bridgehead atoms. The van der Waals surface area contributed by atoms with E-state index in [2.05, 4.69) is 14.9 Å². The summed E-state index contributed by atoms with van der Waals surface area (Å²) in [5, 5.41) is 13.4. The number of benzene rings is 1. The van der Waals surface area contributed by atoms with Crippen LogP contribution in [-0.2, 0) is 9.53 Å². The first kappa shape index (κ1) is 13.7. The van der Waals surface area contributed by atoms with E-state index in [0.717, 1.165) is 5.39 Å². The number of carbonyl (C=O) groups excluding carboxylic acids is 1. The molecule has 0 radical (unpaired) electrons. The summed E-state index contributed by atoms with van der Waals surface area (Å²) in [6, 6.07) is 10.5. The van der Waals surface area contributed by atoms with Gasteiger partial charge in [-0.05, 0) is 24.2 Å². The Labute approximate surface area is 114 Å². The molecular formula is C14H12N2O4. The summed E-state index contributed by atoms with van der Waals surface area (Å²) in [7, 11) is 0. The summed E-state index contributed by atoms with van der Waals surface area (Å²) in [6.45, 7) is 1.67. The third-order valence-electron chi connectivity index (χ3n) is 2.63. The van der Waals surface area contributed by atoms with Gasteiger partial charge >= 0.3 is 5.97 Å². The number of aromatic nitrogens is 1. The summed E-state index contributed by atoms with van der Waals surface area (Å²) in [4.78, 5) is 26.4. The number of nitroso groups, excluding NO2 is 1. The van der Waals surface area contributed by atoms with Crippen molar-refractivity contribution in [2.45, 2.75) is 6.92 Å². The number of aliphatic hydroxyl groups excluding tert-OH is 1. The average Bonchev–Trinajstić information content (AvgIpc) is 2.47. The van der Waals surface area contributed by atoms with Gasteiger partial charge in [-0.1, -0.05) is 24.3 Å². The van der Waals surface area contributed by atoms with Crippen molar-refractivity contribution in [3.63, 3.8) is 0 Å². The maximum absolute atomic E-state index is 11.5. The molecule has 0 saturated heterocycles. The van der Waals surface area contributed by atoms with Gasteiger partial charge in [-0.2, -0.15) is 0 Å². The van der Waals surface area contributed by atoms with Gasteiger partial charge in [0.15, 0.2) is 5.76 Å².